The van der Waals surface area contributed by atoms with E-state index in [-0.39, 0.29) is 36.1 Å². The molecule has 158 valence electrons. The molecule has 0 bridgehead atoms. The van der Waals surface area contributed by atoms with E-state index in [1.54, 1.807) is 46.2 Å². The number of fused-ring (bicyclic) bond motifs is 1. The molecule has 7 nitrogen and oxygen atoms in total. The van der Waals surface area contributed by atoms with E-state index in [0.29, 0.717) is 19.5 Å². The quantitative estimate of drug-likeness (QED) is 0.823. The number of hydrogen-bond acceptors (Lipinski definition) is 5. The molecular formula is C22H25FN4O3. The number of aromatic hydroxyl groups is 1. The lowest BCUT2D eigenvalue weighted by Gasteiger charge is -2.54. The average Bonchev–Trinajstić information content (AvgIpc) is 2.72. The van der Waals surface area contributed by atoms with Crippen molar-refractivity contribution in [2.24, 2.45) is 0 Å². The van der Waals surface area contributed by atoms with Crippen LogP contribution < -0.4 is 0 Å². The zero-order chi connectivity index (χ0) is 21.4. The minimum Gasteiger partial charge on any atom is -0.508 e. The second kappa shape index (κ2) is 8.04. The zero-order valence-corrected chi connectivity index (χ0v) is 17.0. The SMILES string of the molecule is CN1CC(=O)N2C(CN(Cc3ccc(F)cc3)C(=O)[C@@H]2Cc2ccc(O)cc2)N1C. The number of likely N-dealkylation sites (N-methyl/N-ethyl adjacent to an activating group) is 2. The highest BCUT2D eigenvalue weighted by atomic mass is 19.1. The van der Waals surface area contributed by atoms with Crippen LogP contribution in [0.1, 0.15) is 11.1 Å². The maximum atomic E-state index is 13.4. The second-order valence-electron chi connectivity index (χ2n) is 7.90. The molecule has 0 saturated carbocycles. The normalized spacial score (nSPS) is 23.0. The van der Waals surface area contributed by atoms with Gasteiger partial charge in [0.1, 0.15) is 23.8 Å². The van der Waals surface area contributed by atoms with Gasteiger partial charge in [-0.05, 0) is 35.4 Å². The number of benzene rings is 2. The van der Waals surface area contributed by atoms with E-state index in [1.165, 1.54) is 12.1 Å². The van der Waals surface area contributed by atoms with Gasteiger partial charge in [-0.1, -0.05) is 24.3 Å². The summed E-state index contributed by atoms with van der Waals surface area (Å²) in [6.45, 7) is 0.931. The van der Waals surface area contributed by atoms with Gasteiger partial charge in [0.05, 0.1) is 13.1 Å². The molecule has 2 fully saturated rings. The Balaban J connectivity index is 1.65. The van der Waals surface area contributed by atoms with Crippen molar-refractivity contribution in [2.75, 3.05) is 27.2 Å². The molecule has 0 spiro atoms. The predicted octanol–water partition coefficient (Wildman–Crippen LogP) is 1.43. The van der Waals surface area contributed by atoms with Crippen LogP contribution in [0.3, 0.4) is 0 Å². The van der Waals surface area contributed by atoms with E-state index >= 15 is 0 Å². The van der Waals surface area contributed by atoms with Crippen LogP contribution in [0.15, 0.2) is 48.5 Å². The minimum atomic E-state index is -0.641. The Morgan fingerprint density at radius 1 is 1.00 bits per heavy atom. The van der Waals surface area contributed by atoms with E-state index in [1.807, 2.05) is 24.1 Å². The third-order valence-corrected chi connectivity index (χ3v) is 5.91. The number of hydrazine groups is 1. The number of piperazine rings is 1. The first-order chi connectivity index (χ1) is 14.3. The summed E-state index contributed by atoms with van der Waals surface area (Å²) in [7, 11) is 3.76. The first-order valence-corrected chi connectivity index (χ1v) is 9.89. The fraction of sp³-hybridized carbons (Fsp3) is 0.364. The highest BCUT2D eigenvalue weighted by Gasteiger charge is 2.47. The van der Waals surface area contributed by atoms with Gasteiger partial charge in [-0.15, -0.1) is 0 Å². The molecule has 0 radical (unpaired) electrons. The lowest BCUT2D eigenvalue weighted by atomic mass is 9.98. The van der Waals surface area contributed by atoms with Crippen molar-refractivity contribution in [3.8, 4) is 5.75 Å². The van der Waals surface area contributed by atoms with Crippen LogP contribution >= 0.6 is 0 Å². The van der Waals surface area contributed by atoms with Gasteiger partial charge < -0.3 is 14.9 Å². The summed E-state index contributed by atoms with van der Waals surface area (Å²) < 4.78 is 13.3. The van der Waals surface area contributed by atoms with E-state index in [2.05, 4.69) is 0 Å². The fourth-order valence-corrected chi connectivity index (χ4v) is 4.16. The molecule has 1 N–H and O–H groups in total. The van der Waals surface area contributed by atoms with Gasteiger partial charge in [-0.2, -0.15) is 0 Å². The molecule has 1 unspecified atom stereocenters. The Morgan fingerprint density at radius 3 is 2.30 bits per heavy atom. The van der Waals surface area contributed by atoms with E-state index in [4.69, 9.17) is 0 Å². The number of phenols is 1. The summed E-state index contributed by atoms with van der Waals surface area (Å²) in [6, 6.07) is 12.2. The number of amides is 2. The maximum absolute atomic E-state index is 13.4. The largest absolute Gasteiger partial charge is 0.508 e. The third kappa shape index (κ3) is 3.88. The summed E-state index contributed by atoms with van der Waals surface area (Å²) in [5, 5.41) is 13.4. The van der Waals surface area contributed by atoms with E-state index in [0.717, 1.165) is 11.1 Å². The highest BCUT2D eigenvalue weighted by Crippen LogP contribution is 2.28. The number of phenolic OH excluding ortho intramolecular Hbond substituents is 1. The Kier molecular flexibility index (Phi) is 5.44. The van der Waals surface area contributed by atoms with Gasteiger partial charge in [0.15, 0.2) is 0 Å². The molecule has 2 amide bonds. The molecule has 2 aliphatic rings. The summed E-state index contributed by atoms with van der Waals surface area (Å²) in [5.74, 6) is -0.381. The van der Waals surface area contributed by atoms with Gasteiger partial charge in [0.2, 0.25) is 11.8 Å². The molecule has 4 rings (SSSR count). The molecular weight excluding hydrogens is 387 g/mol. The lowest BCUT2D eigenvalue weighted by molar-refractivity contribution is -0.193. The van der Waals surface area contributed by atoms with Crippen molar-refractivity contribution < 1.29 is 19.1 Å². The van der Waals surface area contributed by atoms with Crippen LogP contribution in [-0.2, 0) is 22.6 Å². The zero-order valence-electron chi connectivity index (χ0n) is 17.0. The minimum absolute atomic E-state index is 0.0841. The first-order valence-electron chi connectivity index (χ1n) is 9.89. The van der Waals surface area contributed by atoms with Crippen LogP contribution in [0.5, 0.6) is 5.75 Å². The summed E-state index contributed by atoms with van der Waals surface area (Å²) in [5.41, 5.74) is 1.70. The van der Waals surface area contributed by atoms with Crippen LogP contribution in [0.2, 0.25) is 0 Å². The Hall–Kier alpha value is -2.97. The van der Waals surface area contributed by atoms with Crippen LogP contribution in [0.4, 0.5) is 4.39 Å². The molecule has 2 aromatic carbocycles. The van der Waals surface area contributed by atoms with Gasteiger partial charge >= 0.3 is 0 Å². The van der Waals surface area contributed by atoms with Crippen LogP contribution in [0, 0.1) is 5.82 Å². The first kappa shape index (κ1) is 20.3. The molecule has 0 aromatic heterocycles. The van der Waals surface area contributed by atoms with Gasteiger partial charge in [0, 0.05) is 27.1 Å². The molecule has 8 heteroatoms. The maximum Gasteiger partial charge on any atom is 0.246 e. The number of nitrogens with zero attached hydrogens (tertiary/aromatic N) is 4. The predicted molar refractivity (Wildman–Crippen MR) is 108 cm³/mol. The molecule has 2 aromatic rings. The van der Waals surface area contributed by atoms with E-state index < -0.39 is 6.04 Å². The van der Waals surface area contributed by atoms with E-state index in [9.17, 15) is 19.1 Å². The van der Waals surface area contributed by atoms with Crippen molar-refractivity contribution >= 4 is 11.8 Å². The summed E-state index contributed by atoms with van der Waals surface area (Å²) in [4.78, 5) is 29.8. The molecule has 2 heterocycles. The van der Waals surface area contributed by atoms with Gasteiger partial charge in [-0.25, -0.2) is 14.4 Å². The smallest absolute Gasteiger partial charge is 0.246 e. The average molecular weight is 412 g/mol. The molecule has 30 heavy (non-hydrogen) atoms. The van der Waals surface area contributed by atoms with Crippen molar-refractivity contribution in [1.29, 1.82) is 0 Å². The Morgan fingerprint density at radius 2 is 1.63 bits per heavy atom. The van der Waals surface area contributed by atoms with Crippen molar-refractivity contribution in [1.82, 2.24) is 19.8 Å². The van der Waals surface area contributed by atoms with Gasteiger partial charge in [-0.3, -0.25) is 9.59 Å². The van der Waals surface area contributed by atoms with Crippen molar-refractivity contribution in [3.63, 3.8) is 0 Å². The molecule has 2 aliphatic heterocycles. The Bertz CT molecular complexity index is 934. The summed E-state index contributed by atoms with van der Waals surface area (Å²) >= 11 is 0. The topological polar surface area (TPSA) is 67.3 Å². The number of carbonyl (C=O) groups is 2. The van der Waals surface area contributed by atoms with Crippen LogP contribution in [0.25, 0.3) is 0 Å². The molecule has 2 saturated heterocycles. The number of carbonyl (C=O) groups excluding carboxylic acids is 2. The standard InChI is InChI=1S/C22H25FN4O3/c1-24-14-21(29)27-19(11-15-5-9-18(28)10-6-15)22(30)26(13-20(27)25(24)2)12-16-3-7-17(23)8-4-16/h3-10,19-20,28H,11-14H2,1-2H3/t19-,20?/m0/s1. The van der Waals surface area contributed by atoms with Crippen molar-refractivity contribution in [2.45, 2.75) is 25.2 Å². The van der Waals surface area contributed by atoms with Gasteiger partial charge in [0.25, 0.3) is 0 Å². The summed E-state index contributed by atoms with van der Waals surface area (Å²) in [6.07, 6.45) is 0.0789. The monoisotopic (exact) mass is 412 g/mol. The second-order valence-corrected chi connectivity index (χ2v) is 7.90. The number of halogens is 1. The molecule has 0 aliphatic carbocycles. The molecule has 2 atom stereocenters. The lowest BCUT2D eigenvalue weighted by Crippen LogP contribution is -2.73. The Labute approximate surface area is 174 Å². The third-order valence-electron chi connectivity index (χ3n) is 5.91. The fourth-order valence-electron chi connectivity index (χ4n) is 4.16. The highest BCUT2D eigenvalue weighted by molar-refractivity contribution is 5.90. The van der Waals surface area contributed by atoms with Crippen molar-refractivity contribution in [3.05, 3.63) is 65.5 Å². The number of hydrogen-bond donors (Lipinski definition) is 1. The number of rotatable bonds is 4. The van der Waals surface area contributed by atoms with Crippen LogP contribution in [-0.4, -0.2) is 76.1 Å².